The lowest BCUT2D eigenvalue weighted by Crippen LogP contribution is -2.40. The summed E-state index contributed by atoms with van der Waals surface area (Å²) in [6.07, 6.45) is 1.20. The van der Waals surface area contributed by atoms with Crippen LogP contribution < -0.4 is 4.74 Å². The van der Waals surface area contributed by atoms with Crippen molar-refractivity contribution in [3.05, 3.63) is 65.5 Å². The summed E-state index contributed by atoms with van der Waals surface area (Å²) in [6.45, 7) is 2.68. The van der Waals surface area contributed by atoms with Crippen molar-refractivity contribution in [2.24, 2.45) is 0 Å². The lowest BCUT2D eigenvalue weighted by molar-refractivity contribution is 0.0676. The van der Waals surface area contributed by atoms with Crippen molar-refractivity contribution in [3.8, 4) is 5.75 Å². The maximum Gasteiger partial charge on any atom is 0.258 e. The van der Waals surface area contributed by atoms with Gasteiger partial charge in [0.25, 0.3) is 5.91 Å². The fourth-order valence-corrected chi connectivity index (χ4v) is 5.04. The highest BCUT2D eigenvalue weighted by Gasteiger charge is 2.35. The first-order valence-electron chi connectivity index (χ1n) is 9.37. The molecule has 0 saturated carbocycles. The number of sulfone groups is 1. The van der Waals surface area contributed by atoms with Gasteiger partial charge in [-0.25, -0.2) is 12.8 Å². The number of ether oxygens (including phenoxy) is 1. The number of amides is 1. The van der Waals surface area contributed by atoms with Crippen molar-refractivity contribution in [3.63, 3.8) is 0 Å². The van der Waals surface area contributed by atoms with Crippen LogP contribution in [0.5, 0.6) is 5.75 Å². The number of nitrogens with zero attached hydrogens (tertiary/aromatic N) is 1. The van der Waals surface area contributed by atoms with Crippen LogP contribution in [0.3, 0.4) is 0 Å². The molecule has 2 aromatic rings. The molecule has 0 N–H and O–H groups in total. The number of para-hydroxylation sites is 1. The van der Waals surface area contributed by atoms with Gasteiger partial charge in [0, 0.05) is 12.6 Å². The smallest absolute Gasteiger partial charge is 0.258 e. The Morgan fingerprint density at radius 1 is 1.18 bits per heavy atom. The number of rotatable bonds is 7. The summed E-state index contributed by atoms with van der Waals surface area (Å²) in [6, 6.07) is 12.5. The summed E-state index contributed by atoms with van der Waals surface area (Å²) in [7, 11) is -3.16. The van der Waals surface area contributed by atoms with Crippen LogP contribution in [-0.2, 0) is 16.4 Å². The van der Waals surface area contributed by atoms with E-state index in [1.807, 2.05) is 6.92 Å². The predicted octanol–water partition coefficient (Wildman–Crippen LogP) is 3.44. The Kier molecular flexibility index (Phi) is 6.34. The molecule has 150 valence electrons. The van der Waals surface area contributed by atoms with Crippen LogP contribution >= 0.6 is 0 Å². The summed E-state index contributed by atoms with van der Waals surface area (Å²) < 4.78 is 43.0. The van der Waals surface area contributed by atoms with Gasteiger partial charge in [0.15, 0.2) is 9.84 Å². The van der Waals surface area contributed by atoms with E-state index in [1.54, 1.807) is 41.3 Å². The quantitative estimate of drug-likeness (QED) is 0.708. The van der Waals surface area contributed by atoms with E-state index in [9.17, 15) is 17.6 Å². The minimum atomic E-state index is -3.16. The highest BCUT2D eigenvalue weighted by Crippen LogP contribution is 2.26. The van der Waals surface area contributed by atoms with Gasteiger partial charge in [-0.3, -0.25) is 4.79 Å². The van der Waals surface area contributed by atoms with Crippen molar-refractivity contribution in [2.75, 3.05) is 18.1 Å². The van der Waals surface area contributed by atoms with Crippen LogP contribution in [0, 0.1) is 5.82 Å². The van der Waals surface area contributed by atoms with Crippen molar-refractivity contribution in [2.45, 2.75) is 32.4 Å². The molecular weight excluding hydrogens is 381 g/mol. The SMILES string of the molecule is CCCOc1ccccc1C(=O)N(Cc1ccc(F)cc1)[C@H]1CCS(=O)(=O)C1. The summed E-state index contributed by atoms with van der Waals surface area (Å²) in [5.41, 5.74) is 1.15. The third-order valence-electron chi connectivity index (χ3n) is 4.76. The number of carbonyl (C=O) groups is 1. The van der Waals surface area contributed by atoms with Gasteiger partial charge < -0.3 is 9.64 Å². The van der Waals surface area contributed by atoms with Crippen LogP contribution in [0.15, 0.2) is 48.5 Å². The van der Waals surface area contributed by atoms with E-state index in [1.165, 1.54) is 12.1 Å². The van der Waals surface area contributed by atoms with E-state index < -0.39 is 15.9 Å². The zero-order valence-corrected chi connectivity index (χ0v) is 16.6. The van der Waals surface area contributed by atoms with Crippen LogP contribution in [0.4, 0.5) is 4.39 Å². The Morgan fingerprint density at radius 3 is 2.54 bits per heavy atom. The average molecular weight is 405 g/mol. The first kappa shape index (κ1) is 20.3. The maximum atomic E-state index is 13.4. The highest BCUT2D eigenvalue weighted by molar-refractivity contribution is 7.91. The first-order chi connectivity index (χ1) is 13.4. The lowest BCUT2D eigenvalue weighted by Gasteiger charge is -2.29. The lowest BCUT2D eigenvalue weighted by atomic mass is 10.1. The minimum Gasteiger partial charge on any atom is -0.493 e. The summed E-state index contributed by atoms with van der Waals surface area (Å²) >= 11 is 0. The molecule has 5 nitrogen and oxygen atoms in total. The van der Waals surface area contributed by atoms with Crippen LogP contribution in [0.1, 0.15) is 35.7 Å². The van der Waals surface area contributed by atoms with Gasteiger partial charge in [-0.15, -0.1) is 0 Å². The van der Waals surface area contributed by atoms with E-state index in [0.717, 1.165) is 12.0 Å². The molecule has 1 atom stereocenters. The molecular formula is C21H24FNO4S. The third-order valence-corrected chi connectivity index (χ3v) is 6.51. The second-order valence-electron chi connectivity index (χ2n) is 6.96. The summed E-state index contributed by atoms with van der Waals surface area (Å²) in [5.74, 6) is -0.141. The molecule has 0 spiro atoms. The highest BCUT2D eigenvalue weighted by atomic mass is 32.2. The Hall–Kier alpha value is -2.41. The number of hydrogen-bond donors (Lipinski definition) is 0. The molecule has 2 aromatic carbocycles. The van der Waals surface area contributed by atoms with E-state index >= 15 is 0 Å². The molecule has 0 aromatic heterocycles. The molecule has 1 saturated heterocycles. The van der Waals surface area contributed by atoms with Crippen LogP contribution in [0.2, 0.25) is 0 Å². The predicted molar refractivity (Wildman–Crippen MR) is 106 cm³/mol. The Bertz CT molecular complexity index is 928. The van der Waals surface area contributed by atoms with Crippen molar-refractivity contribution < 1.29 is 22.3 Å². The molecule has 3 rings (SSSR count). The molecule has 1 amide bonds. The number of hydrogen-bond acceptors (Lipinski definition) is 4. The summed E-state index contributed by atoms with van der Waals surface area (Å²) in [4.78, 5) is 15.0. The number of carbonyl (C=O) groups excluding carboxylic acids is 1. The molecule has 1 heterocycles. The van der Waals surface area contributed by atoms with Crippen LogP contribution in [0.25, 0.3) is 0 Å². The van der Waals surface area contributed by atoms with Gasteiger partial charge in [-0.2, -0.15) is 0 Å². The van der Waals surface area contributed by atoms with Gasteiger partial charge in [-0.1, -0.05) is 31.2 Å². The van der Waals surface area contributed by atoms with E-state index in [-0.39, 0.29) is 29.8 Å². The Balaban J connectivity index is 1.92. The molecule has 28 heavy (non-hydrogen) atoms. The van der Waals surface area contributed by atoms with Crippen molar-refractivity contribution in [1.82, 2.24) is 4.90 Å². The van der Waals surface area contributed by atoms with E-state index in [2.05, 4.69) is 0 Å². The summed E-state index contributed by atoms with van der Waals surface area (Å²) in [5, 5.41) is 0. The van der Waals surface area contributed by atoms with Crippen molar-refractivity contribution >= 4 is 15.7 Å². The molecule has 0 bridgehead atoms. The van der Waals surface area contributed by atoms with Gasteiger partial charge in [0.1, 0.15) is 11.6 Å². The van der Waals surface area contributed by atoms with Crippen LogP contribution in [-0.4, -0.2) is 43.4 Å². The molecule has 1 aliphatic rings. The van der Waals surface area contributed by atoms with E-state index in [4.69, 9.17) is 4.74 Å². The maximum absolute atomic E-state index is 13.4. The largest absolute Gasteiger partial charge is 0.493 e. The standard InChI is InChI=1S/C21H24FNO4S/c1-2-12-27-20-6-4-3-5-19(20)21(24)23(18-11-13-28(25,26)15-18)14-16-7-9-17(22)10-8-16/h3-10,18H,2,11-15H2,1H3/t18-/m0/s1. The van der Waals surface area contributed by atoms with Gasteiger partial charge in [0.05, 0.1) is 23.7 Å². The van der Waals surface area contributed by atoms with Crippen molar-refractivity contribution in [1.29, 1.82) is 0 Å². The fourth-order valence-electron chi connectivity index (χ4n) is 3.31. The zero-order chi connectivity index (χ0) is 20.1. The average Bonchev–Trinajstić information content (AvgIpc) is 3.05. The van der Waals surface area contributed by atoms with Gasteiger partial charge >= 0.3 is 0 Å². The second-order valence-corrected chi connectivity index (χ2v) is 9.19. The van der Waals surface area contributed by atoms with E-state index in [0.29, 0.717) is 24.3 Å². The third kappa shape index (κ3) is 4.90. The molecule has 1 fully saturated rings. The molecule has 7 heteroatoms. The molecule has 0 radical (unpaired) electrons. The fraction of sp³-hybridized carbons (Fsp3) is 0.381. The number of benzene rings is 2. The Labute approximate surface area is 165 Å². The normalized spacial score (nSPS) is 18.0. The number of halogens is 1. The minimum absolute atomic E-state index is 0.0576. The zero-order valence-electron chi connectivity index (χ0n) is 15.8. The molecule has 0 unspecified atom stereocenters. The topological polar surface area (TPSA) is 63.7 Å². The second kappa shape index (κ2) is 8.73. The first-order valence-corrected chi connectivity index (χ1v) is 11.2. The van der Waals surface area contributed by atoms with Gasteiger partial charge in [-0.05, 0) is 42.7 Å². The monoisotopic (exact) mass is 405 g/mol. The molecule has 0 aliphatic carbocycles. The van der Waals surface area contributed by atoms with Gasteiger partial charge in [0.2, 0.25) is 0 Å². The molecule has 1 aliphatic heterocycles. The Morgan fingerprint density at radius 2 is 1.89 bits per heavy atom.